The minimum absolute atomic E-state index is 0.284. The highest BCUT2D eigenvalue weighted by molar-refractivity contribution is 5.75. The van der Waals surface area contributed by atoms with Gasteiger partial charge >= 0.3 is 0 Å². The van der Waals surface area contributed by atoms with E-state index in [0.29, 0.717) is 5.75 Å². The van der Waals surface area contributed by atoms with Crippen LogP contribution in [0.1, 0.15) is 31.2 Å². The number of likely N-dealkylation sites (tertiary alicyclic amines) is 1. The van der Waals surface area contributed by atoms with Gasteiger partial charge in [0.2, 0.25) is 0 Å². The highest BCUT2D eigenvalue weighted by Crippen LogP contribution is 2.40. The molecule has 1 spiro atoms. The SMILES string of the molecule is Oc1cccc(CN2CCCC23CCN(c2cnc4ccccc4n2)CC3)c1. The van der Waals surface area contributed by atoms with E-state index in [9.17, 15) is 5.11 Å². The molecule has 0 atom stereocenters. The van der Waals surface area contributed by atoms with Crippen molar-refractivity contribution in [3.05, 3.63) is 60.3 Å². The number of fused-ring (bicyclic) bond motifs is 1. The molecule has 2 aromatic carbocycles. The molecule has 0 bridgehead atoms. The van der Waals surface area contributed by atoms with Gasteiger partial charge in [-0.05, 0) is 62.1 Å². The van der Waals surface area contributed by atoms with Crippen LogP contribution in [0.2, 0.25) is 0 Å². The molecule has 0 aliphatic carbocycles. The monoisotopic (exact) mass is 374 g/mol. The summed E-state index contributed by atoms with van der Waals surface area (Å²) in [6.07, 6.45) is 6.75. The molecule has 1 aromatic heterocycles. The molecule has 2 saturated heterocycles. The highest BCUT2D eigenvalue weighted by atomic mass is 16.3. The molecule has 28 heavy (non-hydrogen) atoms. The van der Waals surface area contributed by atoms with E-state index < -0.39 is 0 Å². The van der Waals surface area contributed by atoms with Gasteiger partial charge < -0.3 is 10.0 Å². The summed E-state index contributed by atoms with van der Waals surface area (Å²) in [5, 5.41) is 9.79. The summed E-state index contributed by atoms with van der Waals surface area (Å²) < 4.78 is 0. The van der Waals surface area contributed by atoms with Crippen molar-refractivity contribution < 1.29 is 5.11 Å². The van der Waals surface area contributed by atoms with Gasteiger partial charge in [-0.2, -0.15) is 0 Å². The first-order valence-corrected chi connectivity index (χ1v) is 10.2. The lowest BCUT2D eigenvalue weighted by Crippen LogP contribution is -2.52. The van der Waals surface area contributed by atoms with Crippen molar-refractivity contribution in [2.45, 2.75) is 37.8 Å². The fourth-order valence-corrected chi connectivity index (χ4v) is 4.93. The molecule has 2 fully saturated rings. The molecule has 3 heterocycles. The predicted octanol–water partition coefficient (Wildman–Crippen LogP) is 3.97. The van der Waals surface area contributed by atoms with Gasteiger partial charge in [0.05, 0.1) is 17.2 Å². The van der Waals surface area contributed by atoms with Crippen molar-refractivity contribution in [3.63, 3.8) is 0 Å². The number of nitrogens with zero attached hydrogens (tertiary/aromatic N) is 4. The molecular formula is C23H26N4O. The Hall–Kier alpha value is -2.66. The van der Waals surface area contributed by atoms with Crippen molar-refractivity contribution in [3.8, 4) is 5.75 Å². The van der Waals surface area contributed by atoms with Crippen LogP contribution in [-0.4, -0.2) is 45.1 Å². The number of hydrogen-bond donors (Lipinski definition) is 1. The van der Waals surface area contributed by atoms with Crippen LogP contribution in [0.5, 0.6) is 5.75 Å². The third kappa shape index (κ3) is 3.20. The van der Waals surface area contributed by atoms with Gasteiger partial charge in [0.15, 0.2) is 0 Å². The molecular weight excluding hydrogens is 348 g/mol. The summed E-state index contributed by atoms with van der Waals surface area (Å²) in [6.45, 7) is 4.10. The summed E-state index contributed by atoms with van der Waals surface area (Å²) in [5.74, 6) is 1.35. The van der Waals surface area contributed by atoms with E-state index >= 15 is 0 Å². The van der Waals surface area contributed by atoms with E-state index in [1.165, 1.54) is 18.4 Å². The quantitative estimate of drug-likeness (QED) is 0.752. The number of aromatic nitrogens is 2. The first-order chi connectivity index (χ1) is 13.7. The van der Waals surface area contributed by atoms with Crippen molar-refractivity contribution in [2.24, 2.45) is 0 Å². The van der Waals surface area contributed by atoms with Crippen LogP contribution in [0.4, 0.5) is 5.82 Å². The van der Waals surface area contributed by atoms with Crippen LogP contribution in [-0.2, 0) is 6.54 Å². The van der Waals surface area contributed by atoms with Gasteiger partial charge in [-0.1, -0.05) is 24.3 Å². The summed E-state index contributed by atoms with van der Waals surface area (Å²) in [5.41, 5.74) is 3.40. The third-order valence-corrected chi connectivity index (χ3v) is 6.48. The first-order valence-electron chi connectivity index (χ1n) is 10.2. The van der Waals surface area contributed by atoms with E-state index in [1.54, 1.807) is 6.07 Å². The van der Waals surface area contributed by atoms with Gasteiger partial charge in [-0.15, -0.1) is 0 Å². The van der Waals surface area contributed by atoms with E-state index in [1.807, 2.05) is 42.6 Å². The zero-order valence-electron chi connectivity index (χ0n) is 16.1. The minimum Gasteiger partial charge on any atom is -0.508 e. The number of phenolic OH excluding ortho intramolecular Hbond substituents is 1. The Morgan fingerprint density at radius 3 is 2.57 bits per heavy atom. The zero-order chi connectivity index (χ0) is 19.0. The number of rotatable bonds is 3. The molecule has 0 saturated carbocycles. The lowest BCUT2D eigenvalue weighted by molar-refractivity contribution is 0.0996. The topological polar surface area (TPSA) is 52.5 Å². The maximum absolute atomic E-state index is 9.79. The number of piperidine rings is 1. The Morgan fingerprint density at radius 2 is 1.75 bits per heavy atom. The van der Waals surface area contributed by atoms with Crippen molar-refractivity contribution in [1.82, 2.24) is 14.9 Å². The smallest absolute Gasteiger partial charge is 0.147 e. The standard InChI is InChI=1S/C23H26N4O/c28-19-6-3-5-18(15-19)17-27-12-4-9-23(27)10-13-26(14-11-23)22-16-24-20-7-1-2-8-21(20)25-22/h1-3,5-8,15-16,28H,4,9-14,17H2. The van der Waals surface area contributed by atoms with Crippen molar-refractivity contribution in [2.75, 3.05) is 24.5 Å². The molecule has 0 unspecified atom stereocenters. The van der Waals surface area contributed by atoms with Crippen molar-refractivity contribution in [1.29, 1.82) is 0 Å². The second-order valence-electron chi connectivity index (χ2n) is 8.12. The number of aromatic hydroxyl groups is 1. The van der Waals surface area contributed by atoms with E-state index in [4.69, 9.17) is 4.98 Å². The Labute approximate surface area is 165 Å². The third-order valence-electron chi connectivity index (χ3n) is 6.48. The molecule has 5 rings (SSSR count). The largest absolute Gasteiger partial charge is 0.508 e. The van der Waals surface area contributed by atoms with Crippen LogP contribution in [0.3, 0.4) is 0 Å². The predicted molar refractivity (Wildman–Crippen MR) is 111 cm³/mol. The Morgan fingerprint density at radius 1 is 0.929 bits per heavy atom. The van der Waals surface area contributed by atoms with Crippen LogP contribution < -0.4 is 4.90 Å². The Balaban J connectivity index is 1.30. The average molecular weight is 374 g/mol. The molecule has 0 radical (unpaired) electrons. The van der Waals surface area contributed by atoms with Gasteiger partial charge in [-0.3, -0.25) is 9.88 Å². The maximum Gasteiger partial charge on any atom is 0.147 e. The average Bonchev–Trinajstić information content (AvgIpc) is 3.10. The fraction of sp³-hybridized carbons (Fsp3) is 0.391. The van der Waals surface area contributed by atoms with Gasteiger partial charge in [0, 0.05) is 25.2 Å². The maximum atomic E-state index is 9.79. The summed E-state index contributed by atoms with van der Waals surface area (Å²) in [7, 11) is 0. The highest BCUT2D eigenvalue weighted by Gasteiger charge is 2.43. The van der Waals surface area contributed by atoms with E-state index in [-0.39, 0.29) is 5.54 Å². The molecule has 5 nitrogen and oxygen atoms in total. The van der Waals surface area contributed by atoms with E-state index in [0.717, 1.165) is 55.9 Å². The van der Waals surface area contributed by atoms with Gasteiger partial charge in [0.25, 0.3) is 0 Å². The van der Waals surface area contributed by atoms with Gasteiger partial charge in [0.1, 0.15) is 11.6 Å². The normalized spacial score (nSPS) is 19.5. The first kappa shape index (κ1) is 17.4. The van der Waals surface area contributed by atoms with Crippen molar-refractivity contribution >= 4 is 16.9 Å². The van der Waals surface area contributed by atoms with Crippen LogP contribution in [0, 0.1) is 0 Å². The Kier molecular flexibility index (Phi) is 4.40. The molecule has 0 amide bonds. The summed E-state index contributed by atoms with van der Waals surface area (Å²) >= 11 is 0. The molecule has 144 valence electrons. The zero-order valence-corrected chi connectivity index (χ0v) is 16.1. The molecule has 2 aliphatic rings. The lowest BCUT2D eigenvalue weighted by Gasteiger charge is -2.45. The molecule has 2 aliphatic heterocycles. The molecule has 5 heteroatoms. The number of para-hydroxylation sites is 2. The second-order valence-corrected chi connectivity index (χ2v) is 8.12. The number of phenols is 1. The molecule has 3 aromatic rings. The number of hydrogen-bond acceptors (Lipinski definition) is 5. The summed E-state index contributed by atoms with van der Waals surface area (Å²) in [4.78, 5) is 14.4. The molecule has 1 N–H and O–H groups in total. The summed E-state index contributed by atoms with van der Waals surface area (Å²) in [6, 6.07) is 15.8. The Bertz CT molecular complexity index is 981. The lowest BCUT2D eigenvalue weighted by atomic mass is 9.84. The van der Waals surface area contributed by atoms with E-state index in [2.05, 4.69) is 20.9 Å². The minimum atomic E-state index is 0.284. The second kappa shape index (κ2) is 7.06. The van der Waals surface area contributed by atoms with Crippen LogP contribution in [0.15, 0.2) is 54.7 Å². The van der Waals surface area contributed by atoms with Gasteiger partial charge in [-0.25, -0.2) is 4.98 Å². The number of anilines is 1. The fourth-order valence-electron chi connectivity index (χ4n) is 4.93. The van der Waals surface area contributed by atoms with Crippen LogP contribution in [0.25, 0.3) is 11.0 Å². The van der Waals surface area contributed by atoms with Crippen LogP contribution >= 0.6 is 0 Å². The number of benzene rings is 2.